The highest BCUT2D eigenvalue weighted by Gasteiger charge is 2.07. The summed E-state index contributed by atoms with van der Waals surface area (Å²) in [5, 5.41) is 0. The Labute approximate surface area is 76.0 Å². The highest BCUT2D eigenvalue weighted by Crippen LogP contribution is 2.15. The Morgan fingerprint density at radius 1 is 1.31 bits per heavy atom. The van der Waals surface area contributed by atoms with Gasteiger partial charge in [0.2, 0.25) is 5.65 Å². The summed E-state index contributed by atoms with van der Waals surface area (Å²) in [6.07, 6.45) is 1.68. The van der Waals surface area contributed by atoms with Gasteiger partial charge >= 0.3 is 0 Å². The van der Waals surface area contributed by atoms with Gasteiger partial charge in [0.15, 0.2) is 11.5 Å². The van der Waals surface area contributed by atoms with Crippen molar-refractivity contribution in [1.82, 2.24) is 15.0 Å². The third-order valence-electron chi connectivity index (χ3n) is 1.79. The molecule has 4 heteroatoms. The Morgan fingerprint density at radius 2 is 2.08 bits per heavy atom. The molecule has 0 amide bonds. The van der Waals surface area contributed by atoms with Crippen molar-refractivity contribution in [2.45, 2.75) is 26.7 Å². The summed E-state index contributed by atoms with van der Waals surface area (Å²) in [5.41, 5.74) is 1.30. The predicted molar refractivity (Wildman–Crippen MR) is 48.4 cm³/mol. The Hall–Kier alpha value is -1.45. The lowest BCUT2D eigenvalue weighted by atomic mass is 10.2. The predicted octanol–water partition coefficient (Wildman–Crippen LogP) is 2.05. The molecule has 0 saturated heterocycles. The zero-order chi connectivity index (χ0) is 9.42. The maximum absolute atomic E-state index is 5.27. The van der Waals surface area contributed by atoms with E-state index in [4.69, 9.17) is 4.42 Å². The third kappa shape index (κ3) is 1.39. The van der Waals surface area contributed by atoms with Crippen LogP contribution in [0.5, 0.6) is 0 Å². The molecule has 68 valence electrons. The van der Waals surface area contributed by atoms with Gasteiger partial charge in [0.05, 0.1) is 6.20 Å². The van der Waals surface area contributed by atoms with Gasteiger partial charge in [0.25, 0.3) is 0 Å². The molecule has 2 heterocycles. The number of hydrogen-bond acceptors (Lipinski definition) is 4. The zero-order valence-electron chi connectivity index (χ0n) is 7.90. The van der Waals surface area contributed by atoms with Crippen molar-refractivity contribution in [3.05, 3.63) is 17.9 Å². The first-order chi connectivity index (χ1) is 6.16. The molecule has 2 aromatic heterocycles. The number of fused-ring (bicyclic) bond motifs is 1. The number of nitrogens with zero attached hydrogens (tertiary/aromatic N) is 3. The second-order valence-electron chi connectivity index (χ2n) is 3.30. The SMILES string of the molecule is Cc1nc2nc(C(C)C)ncc2o1. The van der Waals surface area contributed by atoms with Crippen LogP contribution in [0.15, 0.2) is 10.6 Å². The van der Waals surface area contributed by atoms with E-state index >= 15 is 0 Å². The van der Waals surface area contributed by atoms with Crippen LogP contribution in [0.1, 0.15) is 31.5 Å². The minimum atomic E-state index is 0.321. The van der Waals surface area contributed by atoms with Crippen molar-refractivity contribution >= 4 is 11.2 Å². The van der Waals surface area contributed by atoms with E-state index in [0.29, 0.717) is 23.0 Å². The summed E-state index contributed by atoms with van der Waals surface area (Å²) in [4.78, 5) is 12.6. The first-order valence-corrected chi connectivity index (χ1v) is 4.27. The molecule has 0 aromatic carbocycles. The molecule has 4 nitrogen and oxygen atoms in total. The first kappa shape index (κ1) is 8.16. The lowest BCUT2D eigenvalue weighted by molar-refractivity contribution is 0.559. The van der Waals surface area contributed by atoms with Crippen LogP contribution in [0.4, 0.5) is 0 Å². The Bertz CT molecular complexity index is 433. The van der Waals surface area contributed by atoms with E-state index in [1.807, 2.05) is 13.8 Å². The highest BCUT2D eigenvalue weighted by molar-refractivity contribution is 5.66. The molecule has 0 fully saturated rings. The second kappa shape index (κ2) is 2.80. The maximum Gasteiger partial charge on any atom is 0.202 e. The summed E-state index contributed by atoms with van der Waals surface area (Å²) < 4.78 is 5.27. The van der Waals surface area contributed by atoms with Crippen LogP contribution in [-0.4, -0.2) is 15.0 Å². The monoisotopic (exact) mass is 177 g/mol. The fourth-order valence-electron chi connectivity index (χ4n) is 1.14. The fraction of sp³-hybridized carbons (Fsp3) is 0.444. The van der Waals surface area contributed by atoms with Gasteiger partial charge in [-0.15, -0.1) is 0 Å². The molecule has 0 aliphatic carbocycles. The zero-order valence-corrected chi connectivity index (χ0v) is 7.90. The number of oxazole rings is 1. The van der Waals surface area contributed by atoms with Crippen LogP contribution in [0.2, 0.25) is 0 Å². The minimum absolute atomic E-state index is 0.321. The number of aromatic nitrogens is 3. The van der Waals surface area contributed by atoms with Crippen LogP contribution in [0.25, 0.3) is 11.2 Å². The Kier molecular flexibility index (Phi) is 1.76. The molecule has 0 aliphatic rings. The molecular weight excluding hydrogens is 166 g/mol. The first-order valence-electron chi connectivity index (χ1n) is 4.27. The molecule has 0 N–H and O–H groups in total. The van der Waals surface area contributed by atoms with E-state index < -0.39 is 0 Å². The van der Waals surface area contributed by atoms with E-state index in [2.05, 4.69) is 15.0 Å². The van der Waals surface area contributed by atoms with Gasteiger partial charge in [-0.25, -0.2) is 9.97 Å². The summed E-state index contributed by atoms with van der Waals surface area (Å²) in [6, 6.07) is 0. The van der Waals surface area contributed by atoms with Crippen molar-refractivity contribution in [1.29, 1.82) is 0 Å². The van der Waals surface area contributed by atoms with Crippen LogP contribution >= 0.6 is 0 Å². The van der Waals surface area contributed by atoms with E-state index in [1.165, 1.54) is 0 Å². The molecule has 0 atom stereocenters. The second-order valence-corrected chi connectivity index (χ2v) is 3.30. The molecule has 13 heavy (non-hydrogen) atoms. The van der Waals surface area contributed by atoms with Gasteiger partial charge in [-0.1, -0.05) is 13.8 Å². The van der Waals surface area contributed by atoms with Crippen LogP contribution in [0.3, 0.4) is 0 Å². The van der Waals surface area contributed by atoms with Gasteiger partial charge in [-0.05, 0) is 0 Å². The standard InChI is InChI=1S/C9H11N3O/c1-5(2)8-10-4-7-9(12-8)11-6(3)13-7/h4-5H,1-3H3. The Balaban J connectivity index is 2.61. The van der Waals surface area contributed by atoms with Crippen LogP contribution in [-0.2, 0) is 0 Å². The number of rotatable bonds is 1. The third-order valence-corrected chi connectivity index (χ3v) is 1.79. The molecule has 2 rings (SSSR count). The molecule has 0 spiro atoms. The lowest BCUT2D eigenvalue weighted by Crippen LogP contribution is -1.96. The smallest absolute Gasteiger partial charge is 0.202 e. The van der Waals surface area contributed by atoms with E-state index in [0.717, 1.165) is 5.82 Å². The summed E-state index contributed by atoms with van der Waals surface area (Å²) in [6.45, 7) is 5.90. The number of aryl methyl sites for hydroxylation is 1. The van der Waals surface area contributed by atoms with Crippen LogP contribution < -0.4 is 0 Å². The average Bonchev–Trinajstić information content (AvgIpc) is 2.42. The van der Waals surface area contributed by atoms with Crippen molar-refractivity contribution in [2.24, 2.45) is 0 Å². The maximum atomic E-state index is 5.27. The summed E-state index contributed by atoms with van der Waals surface area (Å²) in [7, 11) is 0. The molecule has 2 aromatic rings. The van der Waals surface area contributed by atoms with Crippen molar-refractivity contribution in [3.8, 4) is 0 Å². The molecule has 0 bridgehead atoms. The quantitative estimate of drug-likeness (QED) is 0.668. The van der Waals surface area contributed by atoms with Crippen LogP contribution in [0, 0.1) is 6.92 Å². The van der Waals surface area contributed by atoms with E-state index in [-0.39, 0.29) is 0 Å². The lowest BCUT2D eigenvalue weighted by Gasteiger charge is -1.99. The fourth-order valence-corrected chi connectivity index (χ4v) is 1.14. The largest absolute Gasteiger partial charge is 0.438 e. The van der Waals surface area contributed by atoms with Gasteiger partial charge in [0, 0.05) is 12.8 Å². The average molecular weight is 177 g/mol. The molecule has 0 unspecified atom stereocenters. The normalized spacial score (nSPS) is 11.4. The molecule has 0 saturated carbocycles. The van der Waals surface area contributed by atoms with Gasteiger partial charge in [-0.3, -0.25) is 0 Å². The van der Waals surface area contributed by atoms with Gasteiger partial charge in [0.1, 0.15) is 5.82 Å². The van der Waals surface area contributed by atoms with Crippen molar-refractivity contribution in [3.63, 3.8) is 0 Å². The van der Waals surface area contributed by atoms with Crippen molar-refractivity contribution in [2.75, 3.05) is 0 Å². The topological polar surface area (TPSA) is 51.8 Å². The summed E-state index contributed by atoms with van der Waals surface area (Å²) >= 11 is 0. The Morgan fingerprint density at radius 3 is 2.77 bits per heavy atom. The number of hydrogen-bond donors (Lipinski definition) is 0. The molecule has 0 radical (unpaired) electrons. The van der Waals surface area contributed by atoms with Crippen molar-refractivity contribution < 1.29 is 4.42 Å². The van der Waals surface area contributed by atoms with Gasteiger partial charge < -0.3 is 4.42 Å². The molecule has 0 aliphatic heterocycles. The van der Waals surface area contributed by atoms with E-state index in [9.17, 15) is 0 Å². The minimum Gasteiger partial charge on any atom is -0.438 e. The molecular formula is C9H11N3O. The van der Waals surface area contributed by atoms with E-state index in [1.54, 1.807) is 13.1 Å². The summed E-state index contributed by atoms with van der Waals surface area (Å²) in [5.74, 6) is 1.76. The highest BCUT2D eigenvalue weighted by atomic mass is 16.3. The van der Waals surface area contributed by atoms with Gasteiger partial charge in [-0.2, -0.15) is 4.98 Å².